The van der Waals surface area contributed by atoms with Crippen molar-refractivity contribution in [3.05, 3.63) is 72.1 Å². The van der Waals surface area contributed by atoms with Gasteiger partial charge < -0.3 is 14.5 Å². The van der Waals surface area contributed by atoms with Gasteiger partial charge in [-0.1, -0.05) is 6.07 Å². The second-order valence-electron chi connectivity index (χ2n) is 6.92. The molecule has 2 aromatic carbocycles. The van der Waals surface area contributed by atoms with Crippen molar-refractivity contribution in [2.75, 3.05) is 11.9 Å². The van der Waals surface area contributed by atoms with Crippen LogP contribution in [-0.2, 0) is 4.79 Å². The lowest BCUT2D eigenvalue weighted by Gasteiger charge is -2.11. The minimum atomic E-state index is -0.197. The predicted octanol–water partition coefficient (Wildman–Crippen LogP) is 5.73. The number of allylic oxidation sites excluding steroid dienone is 1. The van der Waals surface area contributed by atoms with Gasteiger partial charge in [-0.05, 0) is 62.2 Å². The first kappa shape index (κ1) is 18.7. The number of fused-ring (bicyclic) bond motifs is 2. The van der Waals surface area contributed by atoms with E-state index < -0.39 is 0 Å². The molecule has 146 valence electrons. The van der Waals surface area contributed by atoms with Crippen LogP contribution in [0.4, 0.5) is 5.69 Å². The summed E-state index contributed by atoms with van der Waals surface area (Å²) in [5.74, 6) is 0.505. The molecule has 0 fully saturated rings. The van der Waals surface area contributed by atoms with Crippen molar-refractivity contribution < 1.29 is 13.9 Å². The van der Waals surface area contributed by atoms with Crippen LogP contribution in [-0.4, -0.2) is 17.5 Å². The van der Waals surface area contributed by atoms with Crippen molar-refractivity contribution in [3.8, 4) is 5.75 Å². The molecule has 0 saturated heterocycles. The third-order valence-corrected chi connectivity index (χ3v) is 4.81. The molecule has 4 rings (SSSR count). The van der Waals surface area contributed by atoms with Crippen molar-refractivity contribution in [1.82, 2.24) is 4.98 Å². The molecule has 0 bridgehead atoms. The fraction of sp³-hybridized carbons (Fsp3) is 0.167. The lowest BCUT2D eigenvalue weighted by Crippen LogP contribution is -2.08. The molecule has 1 amide bonds. The molecule has 29 heavy (non-hydrogen) atoms. The van der Waals surface area contributed by atoms with Crippen LogP contribution in [0.25, 0.3) is 27.4 Å². The van der Waals surface area contributed by atoms with Crippen LogP contribution in [0.1, 0.15) is 25.0 Å². The Bertz CT molecular complexity index is 1240. The van der Waals surface area contributed by atoms with Crippen molar-refractivity contribution in [1.29, 1.82) is 0 Å². The zero-order valence-electron chi connectivity index (χ0n) is 16.7. The third-order valence-electron chi connectivity index (χ3n) is 4.81. The van der Waals surface area contributed by atoms with E-state index in [9.17, 15) is 4.79 Å². The molecule has 4 aromatic rings. The van der Waals surface area contributed by atoms with Gasteiger partial charge in [-0.15, -0.1) is 0 Å². The van der Waals surface area contributed by atoms with E-state index in [1.807, 2.05) is 63.2 Å². The maximum absolute atomic E-state index is 12.6. The van der Waals surface area contributed by atoms with E-state index in [0.717, 1.165) is 44.3 Å². The van der Waals surface area contributed by atoms with Gasteiger partial charge >= 0.3 is 0 Å². The lowest BCUT2D eigenvalue weighted by molar-refractivity contribution is -0.111. The zero-order valence-corrected chi connectivity index (χ0v) is 16.7. The Kier molecular flexibility index (Phi) is 5.04. The van der Waals surface area contributed by atoms with E-state index in [1.165, 1.54) is 0 Å². The molecule has 2 heterocycles. The first-order valence-corrected chi connectivity index (χ1v) is 9.54. The monoisotopic (exact) mass is 386 g/mol. The van der Waals surface area contributed by atoms with Gasteiger partial charge in [0, 0.05) is 40.4 Å². The molecule has 0 spiro atoms. The van der Waals surface area contributed by atoms with Crippen molar-refractivity contribution in [2.45, 2.75) is 20.8 Å². The number of rotatable bonds is 5. The number of pyridine rings is 1. The number of hydrogen-bond acceptors (Lipinski definition) is 4. The largest absolute Gasteiger partial charge is 0.493 e. The first-order valence-electron chi connectivity index (χ1n) is 9.54. The van der Waals surface area contributed by atoms with Crippen molar-refractivity contribution >= 4 is 39.0 Å². The number of hydrogen-bond donors (Lipinski definition) is 1. The summed E-state index contributed by atoms with van der Waals surface area (Å²) in [6.45, 7) is 6.36. The number of amides is 1. The number of aromatic nitrogens is 1. The highest BCUT2D eigenvalue weighted by atomic mass is 16.5. The van der Waals surface area contributed by atoms with Gasteiger partial charge in [0.05, 0.1) is 18.4 Å². The number of anilines is 1. The van der Waals surface area contributed by atoms with Crippen molar-refractivity contribution in [2.24, 2.45) is 0 Å². The third kappa shape index (κ3) is 3.85. The number of nitrogens with one attached hydrogen (secondary N) is 1. The Balaban J connectivity index is 1.63. The Morgan fingerprint density at radius 3 is 2.93 bits per heavy atom. The molecule has 0 aliphatic rings. The molecule has 0 unspecified atom stereocenters. The molecular weight excluding hydrogens is 364 g/mol. The normalized spacial score (nSPS) is 11.8. The summed E-state index contributed by atoms with van der Waals surface area (Å²) in [5.41, 5.74) is 5.13. The average Bonchev–Trinajstić information content (AvgIpc) is 3.07. The standard InChI is InChI=1S/C24H22N2O3/c1-4-28-22-13-23-20(16(3)14-29-23)12-19(22)15(2)10-24(27)26-18-7-8-21-17(11-18)6-5-9-25-21/h5-14H,4H2,1-3H3,(H,26,27)/b15-10+. The molecule has 1 N–H and O–H groups in total. The molecule has 0 saturated carbocycles. The minimum absolute atomic E-state index is 0.197. The molecule has 0 aliphatic heterocycles. The van der Waals surface area contributed by atoms with Crippen LogP contribution in [0.5, 0.6) is 5.75 Å². The number of furan rings is 1. The zero-order chi connectivity index (χ0) is 20.4. The fourth-order valence-electron chi connectivity index (χ4n) is 3.37. The van der Waals surface area contributed by atoms with Crippen LogP contribution >= 0.6 is 0 Å². The Labute approximate surface area is 169 Å². The SMILES string of the molecule is CCOc1cc2occ(C)c2cc1/C(C)=C/C(=O)Nc1ccc2ncccc2c1. The first-order chi connectivity index (χ1) is 14.0. The van der Waals surface area contributed by atoms with Crippen LogP contribution in [0.2, 0.25) is 0 Å². The number of carbonyl (C=O) groups is 1. The number of ether oxygens (including phenoxy) is 1. The number of benzene rings is 2. The van der Waals surface area contributed by atoms with Crippen LogP contribution in [0.15, 0.2) is 65.4 Å². The van der Waals surface area contributed by atoms with Crippen LogP contribution in [0.3, 0.4) is 0 Å². The number of nitrogens with zero attached hydrogens (tertiary/aromatic N) is 1. The van der Waals surface area contributed by atoms with Gasteiger partial charge in [-0.2, -0.15) is 0 Å². The highest BCUT2D eigenvalue weighted by molar-refractivity contribution is 6.05. The van der Waals surface area contributed by atoms with E-state index in [2.05, 4.69) is 10.3 Å². The Morgan fingerprint density at radius 2 is 2.10 bits per heavy atom. The smallest absolute Gasteiger partial charge is 0.248 e. The summed E-state index contributed by atoms with van der Waals surface area (Å²) in [7, 11) is 0. The highest BCUT2D eigenvalue weighted by Gasteiger charge is 2.13. The van der Waals surface area contributed by atoms with E-state index >= 15 is 0 Å². The lowest BCUT2D eigenvalue weighted by atomic mass is 10.0. The van der Waals surface area contributed by atoms with Gasteiger partial charge in [0.2, 0.25) is 5.91 Å². The highest BCUT2D eigenvalue weighted by Crippen LogP contribution is 2.33. The number of aryl methyl sites for hydroxylation is 1. The van der Waals surface area contributed by atoms with Gasteiger partial charge in [-0.3, -0.25) is 9.78 Å². The Hall–Kier alpha value is -3.60. The summed E-state index contributed by atoms with van der Waals surface area (Å²) in [6, 6.07) is 13.4. The average molecular weight is 386 g/mol. The van der Waals surface area contributed by atoms with Crippen LogP contribution < -0.4 is 10.1 Å². The van der Waals surface area contributed by atoms with Gasteiger partial charge in [-0.25, -0.2) is 0 Å². The molecule has 5 heteroatoms. The van der Waals surface area contributed by atoms with E-state index in [4.69, 9.17) is 9.15 Å². The summed E-state index contributed by atoms with van der Waals surface area (Å²) in [4.78, 5) is 16.9. The molecule has 5 nitrogen and oxygen atoms in total. The molecule has 0 aliphatic carbocycles. The minimum Gasteiger partial charge on any atom is -0.493 e. The second-order valence-corrected chi connectivity index (χ2v) is 6.92. The molecule has 0 radical (unpaired) electrons. The topological polar surface area (TPSA) is 64.4 Å². The summed E-state index contributed by atoms with van der Waals surface area (Å²) in [6.07, 6.45) is 5.07. The molecule has 2 aromatic heterocycles. The van der Waals surface area contributed by atoms with Crippen molar-refractivity contribution in [3.63, 3.8) is 0 Å². The van der Waals surface area contributed by atoms with E-state index in [0.29, 0.717) is 12.4 Å². The summed E-state index contributed by atoms with van der Waals surface area (Å²) in [5, 5.41) is 4.92. The van der Waals surface area contributed by atoms with E-state index in [-0.39, 0.29) is 5.91 Å². The van der Waals surface area contributed by atoms with Crippen LogP contribution in [0, 0.1) is 6.92 Å². The maximum atomic E-state index is 12.6. The van der Waals surface area contributed by atoms with E-state index in [1.54, 1.807) is 18.5 Å². The predicted molar refractivity (Wildman–Crippen MR) is 116 cm³/mol. The molecular formula is C24H22N2O3. The quantitative estimate of drug-likeness (QED) is 0.445. The fourth-order valence-corrected chi connectivity index (χ4v) is 3.37. The Morgan fingerprint density at radius 1 is 1.24 bits per heavy atom. The van der Waals surface area contributed by atoms with Gasteiger partial charge in [0.1, 0.15) is 11.3 Å². The number of carbonyl (C=O) groups excluding carboxylic acids is 1. The summed E-state index contributed by atoms with van der Waals surface area (Å²) >= 11 is 0. The molecule has 0 atom stereocenters. The van der Waals surface area contributed by atoms with Gasteiger partial charge in [0.25, 0.3) is 0 Å². The second kappa shape index (κ2) is 7.80. The maximum Gasteiger partial charge on any atom is 0.248 e. The van der Waals surface area contributed by atoms with Gasteiger partial charge in [0.15, 0.2) is 0 Å². The summed E-state index contributed by atoms with van der Waals surface area (Å²) < 4.78 is 11.4.